The minimum absolute atomic E-state index is 0.125. The summed E-state index contributed by atoms with van der Waals surface area (Å²) in [5.41, 5.74) is 2.87. The van der Waals surface area contributed by atoms with Crippen LogP contribution in [0.15, 0.2) is 58.4 Å². The van der Waals surface area contributed by atoms with E-state index in [1.807, 2.05) is 38.2 Å². The molecule has 7 nitrogen and oxygen atoms in total. The average molecular weight is 443 g/mol. The van der Waals surface area contributed by atoms with Crippen LogP contribution in [0.5, 0.6) is 0 Å². The number of nitrogens with one attached hydrogen (secondary N) is 1. The van der Waals surface area contributed by atoms with Crippen molar-refractivity contribution >= 4 is 27.5 Å². The number of sulfonamides is 1. The molecule has 0 bridgehead atoms. The zero-order valence-electron chi connectivity index (χ0n) is 18.3. The van der Waals surface area contributed by atoms with E-state index in [2.05, 4.69) is 21.8 Å². The topological polar surface area (TPSA) is 82.1 Å². The molecule has 2 aromatic rings. The normalized spacial score (nSPS) is 15.4. The summed E-state index contributed by atoms with van der Waals surface area (Å²) in [5.74, 6) is 0.534. The van der Waals surface area contributed by atoms with Crippen molar-refractivity contribution in [1.82, 2.24) is 9.62 Å². The maximum Gasteiger partial charge on any atom is 0.263 e. The second-order valence-corrected chi connectivity index (χ2v) is 9.60. The Morgan fingerprint density at radius 3 is 2.39 bits per heavy atom. The molecule has 1 aliphatic rings. The molecule has 2 aromatic carbocycles. The fraction of sp³-hybridized carbons (Fsp3) is 0.391. The monoisotopic (exact) mass is 442 g/mol. The second-order valence-electron chi connectivity index (χ2n) is 7.95. The number of anilines is 1. The van der Waals surface area contributed by atoms with Crippen LogP contribution in [0.2, 0.25) is 0 Å². The maximum absolute atomic E-state index is 12.4. The predicted octanol–water partition coefficient (Wildman–Crippen LogP) is 3.01. The highest BCUT2D eigenvalue weighted by Gasteiger charge is 2.29. The molecule has 1 amide bonds. The Labute approximate surface area is 184 Å². The van der Waals surface area contributed by atoms with Gasteiger partial charge in [0.05, 0.1) is 4.90 Å². The first-order valence-electron chi connectivity index (χ1n) is 10.4. The van der Waals surface area contributed by atoms with E-state index in [1.54, 1.807) is 29.2 Å². The number of rotatable bonds is 9. The van der Waals surface area contributed by atoms with Crippen molar-refractivity contribution in [2.45, 2.75) is 37.1 Å². The summed E-state index contributed by atoms with van der Waals surface area (Å²) in [6.45, 7) is 1.12. The molecule has 0 saturated carbocycles. The fourth-order valence-corrected chi connectivity index (χ4v) is 4.71. The van der Waals surface area contributed by atoms with Crippen molar-refractivity contribution in [3.63, 3.8) is 0 Å². The van der Waals surface area contributed by atoms with E-state index in [0.717, 1.165) is 30.5 Å². The van der Waals surface area contributed by atoms with Gasteiger partial charge in [0.15, 0.2) is 0 Å². The first-order chi connectivity index (χ1) is 14.8. The molecule has 1 N–H and O–H groups in total. The Morgan fingerprint density at radius 1 is 0.968 bits per heavy atom. The molecule has 1 aliphatic heterocycles. The van der Waals surface area contributed by atoms with Crippen LogP contribution >= 0.6 is 0 Å². The van der Waals surface area contributed by atoms with E-state index in [9.17, 15) is 13.2 Å². The highest BCUT2D eigenvalue weighted by Crippen LogP contribution is 2.22. The number of fused-ring (bicyclic) bond motifs is 1. The lowest BCUT2D eigenvalue weighted by molar-refractivity contribution is -0.130. The Bertz CT molecular complexity index is 1050. The Balaban J connectivity index is 1.39. The number of unbranched alkanes of at least 4 members (excludes halogenated alkanes) is 2. The van der Waals surface area contributed by atoms with E-state index in [1.165, 1.54) is 0 Å². The van der Waals surface area contributed by atoms with Crippen LogP contribution in [-0.2, 0) is 21.4 Å². The molecule has 31 heavy (non-hydrogen) atoms. The van der Waals surface area contributed by atoms with Crippen LogP contribution in [0.1, 0.15) is 36.8 Å². The van der Waals surface area contributed by atoms with E-state index in [-0.39, 0.29) is 10.8 Å². The van der Waals surface area contributed by atoms with E-state index in [4.69, 9.17) is 0 Å². The standard InChI is InChI=1S/C23H30N4O3S/c1-26(2)19-14-12-18(13-15-19)17-27(3)22(28)11-5-4-8-16-24-23-20-9-6-7-10-21(20)31(29,30)25-23/h6-7,9-10,12-15H,4-5,8,11,16-17H2,1-3H3,(H,24,25). The predicted molar refractivity (Wildman–Crippen MR) is 124 cm³/mol. The fourth-order valence-electron chi connectivity index (χ4n) is 3.46. The summed E-state index contributed by atoms with van der Waals surface area (Å²) in [5, 5.41) is 0. The number of nitrogens with zero attached hydrogens (tertiary/aromatic N) is 3. The average Bonchev–Trinajstić information content (AvgIpc) is 3.01. The lowest BCUT2D eigenvalue weighted by Crippen LogP contribution is -2.25. The largest absolute Gasteiger partial charge is 0.378 e. The number of hydrogen-bond acceptors (Lipinski definition) is 5. The van der Waals surface area contributed by atoms with Crippen molar-refractivity contribution in [3.05, 3.63) is 59.7 Å². The van der Waals surface area contributed by atoms with Gasteiger partial charge in [-0.15, -0.1) is 0 Å². The molecule has 8 heteroatoms. The molecule has 0 unspecified atom stereocenters. The van der Waals surface area contributed by atoms with Crippen molar-refractivity contribution in [2.75, 3.05) is 32.6 Å². The van der Waals surface area contributed by atoms with Crippen molar-refractivity contribution < 1.29 is 13.2 Å². The second kappa shape index (κ2) is 9.96. The van der Waals surface area contributed by atoms with Crippen molar-refractivity contribution in [3.8, 4) is 0 Å². The van der Waals surface area contributed by atoms with Crippen LogP contribution in [0.25, 0.3) is 0 Å². The molecule has 3 rings (SSSR count). The third-order valence-corrected chi connectivity index (χ3v) is 6.68. The number of amides is 1. The SMILES string of the molecule is CN(Cc1ccc(N(C)C)cc1)C(=O)CCCCCN=C1NS(=O)(=O)c2ccccc21. The Hall–Kier alpha value is -2.87. The molecular formula is C23H30N4O3S. The summed E-state index contributed by atoms with van der Waals surface area (Å²) in [4.78, 5) is 20.9. The van der Waals surface area contributed by atoms with Crippen molar-refractivity contribution in [1.29, 1.82) is 0 Å². The van der Waals surface area contributed by atoms with Gasteiger partial charge >= 0.3 is 0 Å². The van der Waals surface area contributed by atoms with Crippen LogP contribution in [0, 0.1) is 0 Å². The van der Waals surface area contributed by atoms with Gasteiger partial charge in [-0.25, -0.2) is 8.42 Å². The van der Waals surface area contributed by atoms with Gasteiger partial charge in [-0.05, 0) is 42.7 Å². The molecule has 0 atom stereocenters. The van der Waals surface area contributed by atoms with Gasteiger partial charge < -0.3 is 9.80 Å². The lowest BCUT2D eigenvalue weighted by Gasteiger charge is -2.18. The first kappa shape index (κ1) is 22.8. The third kappa shape index (κ3) is 5.85. The molecule has 0 radical (unpaired) electrons. The first-order valence-corrected chi connectivity index (χ1v) is 11.9. The summed E-state index contributed by atoms with van der Waals surface area (Å²) in [7, 11) is 2.35. The van der Waals surface area contributed by atoms with Crippen LogP contribution in [0.4, 0.5) is 5.69 Å². The number of carbonyl (C=O) groups is 1. The zero-order valence-corrected chi connectivity index (χ0v) is 19.2. The molecular weight excluding hydrogens is 412 g/mol. The molecule has 0 fully saturated rings. The molecule has 166 valence electrons. The Kier molecular flexibility index (Phi) is 7.33. The molecule has 0 saturated heterocycles. The van der Waals surface area contributed by atoms with E-state index in [0.29, 0.717) is 30.9 Å². The lowest BCUT2D eigenvalue weighted by atomic mass is 10.1. The molecule has 1 heterocycles. The van der Waals surface area contributed by atoms with Gasteiger partial charge in [-0.1, -0.05) is 30.7 Å². The number of carbonyl (C=O) groups excluding carboxylic acids is 1. The van der Waals surface area contributed by atoms with Gasteiger partial charge in [0.25, 0.3) is 10.0 Å². The number of aliphatic imine (C=N–C) groups is 1. The van der Waals surface area contributed by atoms with Gasteiger partial charge in [0.1, 0.15) is 5.84 Å². The molecule has 0 aromatic heterocycles. The van der Waals surface area contributed by atoms with Crippen molar-refractivity contribution in [2.24, 2.45) is 4.99 Å². The summed E-state index contributed by atoms with van der Waals surface area (Å²) in [6.07, 6.45) is 2.95. The summed E-state index contributed by atoms with van der Waals surface area (Å²) < 4.78 is 26.7. The van der Waals surface area contributed by atoms with Gasteiger partial charge in [-0.3, -0.25) is 14.5 Å². The van der Waals surface area contributed by atoms with Gasteiger partial charge in [0.2, 0.25) is 5.91 Å². The number of amidine groups is 1. The minimum Gasteiger partial charge on any atom is -0.378 e. The maximum atomic E-state index is 12.4. The van der Waals surface area contributed by atoms with Crippen LogP contribution in [-0.4, -0.2) is 52.7 Å². The van der Waals surface area contributed by atoms with Gasteiger partial charge in [0, 0.05) is 51.9 Å². The smallest absolute Gasteiger partial charge is 0.263 e. The quantitative estimate of drug-likeness (QED) is 0.605. The minimum atomic E-state index is -3.49. The summed E-state index contributed by atoms with van der Waals surface area (Å²) in [6, 6.07) is 15.0. The van der Waals surface area contributed by atoms with Crippen LogP contribution in [0.3, 0.4) is 0 Å². The Morgan fingerprint density at radius 2 is 1.68 bits per heavy atom. The zero-order chi connectivity index (χ0) is 22.4. The van der Waals surface area contributed by atoms with Crippen LogP contribution < -0.4 is 9.62 Å². The summed E-state index contributed by atoms with van der Waals surface area (Å²) >= 11 is 0. The number of benzene rings is 2. The van der Waals surface area contributed by atoms with Gasteiger partial charge in [-0.2, -0.15) is 0 Å². The highest BCUT2D eigenvalue weighted by atomic mass is 32.2. The highest BCUT2D eigenvalue weighted by molar-refractivity contribution is 7.90. The number of hydrogen-bond donors (Lipinski definition) is 1. The van der Waals surface area contributed by atoms with E-state index >= 15 is 0 Å². The molecule has 0 spiro atoms. The third-order valence-electron chi connectivity index (χ3n) is 5.28. The molecule has 0 aliphatic carbocycles. The van der Waals surface area contributed by atoms with E-state index < -0.39 is 10.0 Å².